The van der Waals surface area contributed by atoms with Crippen LogP contribution in [0.3, 0.4) is 0 Å². The van der Waals surface area contributed by atoms with Crippen molar-refractivity contribution in [3.05, 3.63) is 0 Å². The van der Waals surface area contributed by atoms with Crippen molar-refractivity contribution in [3.63, 3.8) is 0 Å². The predicted molar refractivity (Wildman–Crippen MR) is 29.5 cm³/mol. The number of halogens is 2. The Kier molecular flexibility index (Phi) is 1.86. The summed E-state index contributed by atoms with van der Waals surface area (Å²) in [4.78, 5) is 0. The molecule has 1 unspecified atom stereocenters. The Morgan fingerprint density at radius 2 is 2.30 bits per heavy atom. The zero-order valence-electron chi connectivity index (χ0n) is 5.31. The highest BCUT2D eigenvalue weighted by atomic mass is 19.3. The second-order valence-corrected chi connectivity index (χ2v) is 2.27. The molecule has 0 aromatic carbocycles. The van der Waals surface area contributed by atoms with E-state index in [4.69, 9.17) is 10.00 Å². The van der Waals surface area contributed by atoms with Gasteiger partial charge in [-0.15, -0.1) is 0 Å². The molecule has 10 heavy (non-hydrogen) atoms. The van der Waals surface area contributed by atoms with Gasteiger partial charge in [-0.1, -0.05) is 0 Å². The molecule has 1 saturated heterocycles. The molecule has 0 amide bonds. The first kappa shape index (κ1) is 7.42. The van der Waals surface area contributed by atoms with Gasteiger partial charge in [-0.25, -0.2) is 8.78 Å². The highest BCUT2D eigenvalue weighted by molar-refractivity contribution is 4.95. The van der Waals surface area contributed by atoms with Gasteiger partial charge in [0.2, 0.25) is 0 Å². The van der Waals surface area contributed by atoms with Crippen LogP contribution < -0.4 is 0 Å². The van der Waals surface area contributed by atoms with Gasteiger partial charge in [0, 0.05) is 6.42 Å². The van der Waals surface area contributed by atoms with E-state index in [2.05, 4.69) is 0 Å². The molecule has 1 atom stereocenters. The molecule has 0 aromatic heterocycles. The van der Waals surface area contributed by atoms with Crippen molar-refractivity contribution in [1.29, 1.82) is 5.26 Å². The minimum Gasteiger partial charge on any atom is -0.380 e. The molecule has 1 aliphatic heterocycles. The van der Waals surface area contributed by atoms with Crippen molar-refractivity contribution in [2.24, 2.45) is 5.92 Å². The van der Waals surface area contributed by atoms with Gasteiger partial charge >= 0.3 is 0 Å². The fraction of sp³-hybridized carbons (Fsp3) is 0.833. The molecule has 0 saturated carbocycles. The maximum Gasteiger partial charge on any atom is 0.268 e. The van der Waals surface area contributed by atoms with Crippen molar-refractivity contribution >= 4 is 0 Å². The lowest BCUT2D eigenvalue weighted by Crippen LogP contribution is -2.36. The van der Waals surface area contributed by atoms with Gasteiger partial charge in [0.15, 0.2) is 0 Å². The number of alkyl halides is 2. The third-order valence-corrected chi connectivity index (χ3v) is 1.53. The summed E-state index contributed by atoms with van der Waals surface area (Å²) in [5, 5.41) is 8.22. The molecule has 0 N–H and O–H groups in total. The molecule has 0 radical (unpaired) electrons. The Morgan fingerprint density at radius 3 is 2.70 bits per heavy atom. The normalized spacial score (nSPS) is 31.1. The average molecular weight is 147 g/mol. The predicted octanol–water partition coefficient (Wildman–Crippen LogP) is 1.18. The molecule has 4 heteroatoms. The topological polar surface area (TPSA) is 33.0 Å². The Hall–Kier alpha value is -0.690. The van der Waals surface area contributed by atoms with Gasteiger partial charge in [0.25, 0.3) is 5.92 Å². The van der Waals surface area contributed by atoms with Gasteiger partial charge in [-0.05, 0) is 0 Å². The van der Waals surface area contributed by atoms with Crippen LogP contribution in [0.25, 0.3) is 0 Å². The fourth-order valence-corrected chi connectivity index (χ4v) is 0.837. The number of hydrogen-bond donors (Lipinski definition) is 0. The second kappa shape index (κ2) is 2.51. The van der Waals surface area contributed by atoms with Crippen LogP contribution in [-0.2, 0) is 4.74 Å². The van der Waals surface area contributed by atoms with E-state index in [0.29, 0.717) is 0 Å². The summed E-state index contributed by atoms with van der Waals surface area (Å²) < 4.78 is 29.8. The first-order chi connectivity index (χ1) is 4.67. The monoisotopic (exact) mass is 147 g/mol. The maximum atomic E-state index is 12.6. The summed E-state index contributed by atoms with van der Waals surface area (Å²) in [6.45, 7) is -0.0747. The third-order valence-electron chi connectivity index (χ3n) is 1.53. The van der Waals surface area contributed by atoms with Gasteiger partial charge < -0.3 is 4.74 Å². The minimum absolute atomic E-state index is 0.0607. The quantitative estimate of drug-likeness (QED) is 0.515. The summed E-state index contributed by atoms with van der Waals surface area (Å²) in [6, 6.07) is 1.52. The average Bonchev–Trinajstić information content (AvgIpc) is 1.87. The van der Waals surface area contributed by atoms with Gasteiger partial charge in [0.05, 0.1) is 19.3 Å². The summed E-state index contributed by atoms with van der Waals surface area (Å²) in [7, 11) is 0. The first-order valence-corrected chi connectivity index (χ1v) is 3.02. The third kappa shape index (κ3) is 1.24. The zero-order valence-corrected chi connectivity index (χ0v) is 5.31. The lowest BCUT2D eigenvalue weighted by Gasteiger charge is -2.25. The molecule has 1 aliphatic rings. The molecular weight excluding hydrogens is 140 g/mol. The molecule has 0 bridgehead atoms. The van der Waals surface area contributed by atoms with Crippen LogP contribution in [0, 0.1) is 17.2 Å². The van der Waals surface area contributed by atoms with Gasteiger partial charge in [0.1, 0.15) is 5.92 Å². The summed E-state index contributed by atoms with van der Waals surface area (Å²) >= 11 is 0. The first-order valence-electron chi connectivity index (χ1n) is 3.02. The number of nitrogens with zero attached hydrogens (tertiary/aromatic N) is 1. The molecule has 0 aromatic rings. The molecule has 1 rings (SSSR count). The second-order valence-electron chi connectivity index (χ2n) is 2.27. The van der Waals surface area contributed by atoms with Crippen LogP contribution in [0.4, 0.5) is 8.78 Å². The van der Waals surface area contributed by atoms with Crippen LogP contribution in [0.5, 0.6) is 0 Å². The highest BCUT2D eigenvalue weighted by Crippen LogP contribution is 2.31. The summed E-state index contributed by atoms with van der Waals surface area (Å²) in [6.07, 6.45) is -0.328. The molecule has 0 spiro atoms. The highest BCUT2D eigenvalue weighted by Gasteiger charge is 2.42. The molecular formula is C6H7F2NO. The van der Waals surface area contributed by atoms with Crippen LogP contribution in [0.1, 0.15) is 6.42 Å². The van der Waals surface area contributed by atoms with Crippen molar-refractivity contribution in [3.8, 4) is 6.07 Å². The van der Waals surface area contributed by atoms with Crippen molar-refractivity contribution < 1.29 is 13.5 Å². The zero-order chi connectivity index (χ0) is 7.61. The number of nitriles is 1. The van der Waals surface area contributed by atoms with Crippen LogP contribution in [-0.4, -0.2) is 19.1 Å². The lowest BCUT2D eigenvalue weighted by molar-refractivity contribution is -0.121. The largest absolute Gasteiger partial charge is 0.380 e. The van der Waals surface area contributed by atoms with Gasteiger partial charge in [-0.2, -0.15) is 5.26 Å². The minimum atomic E-state index is -2.84. The SMILES string of the molecule is N#CC1COCCC1(F)F. The van der Waals surface area contributed by atoms with E-state index in [1.807, 2.05) is 0 Å². The number of rotatable bonds is 0. The van der Waals surface area contributed by atoms with Crippen molar-refractivity contribution in [2.75, 3.05) is 13.2 Å². The van der Waals surface area contributed by atoms with E-state index in [9.17, 15) is 8.78 Å². The van der Waals surface area contributed by atoms with Crippen LogP contribution in [0.15, 0.2) is 0 Å². The Balaban J connectivity index is 2.62. The molecule has 1 fully saturated rings. The molecule has 2 nitrogen and oxygen atoms in total. The Bertz CT molecular complexity index is 164. The standard InChI is InChI=1S/C6H7F2NO/c7-6(8)1-2-10-4-5(6)3-9/h5H,1-2,4H2. The summed E-state index contributed by atoms with van der Waals surface area (Å²) in [5.41, 5.74) is 0. The van der Waals surface area contributed by atoms with Crippen LogP contribution >= 0.6 is 0 Å². The lowest BCUT2D eigenvalue weighted by atomic mass is 9.99. The Morgan fingerprint density at radius 1 is 1.60 bits per heavy atom. The van der Waals surface area contributed by atoms with E-state index in [-0.39, 0.29) is 19.6 Å². The van der Waals surface area contributed by atoms with E-state index in [0.717, 1.165) is 0 Å². The van der Waals surface area contributed by atoms with E-state index >= 15 is 0 Å². The number of hydrogen-bond acceptors (Lipinski definition) is 2. The molecule has 0 aliphatic carbocycles. The summed E-state index contributed by atoms with van der Waals surface area (Å²) in [5.74, 6) is -4.09. The maximum absolute atomic E-state index is 12.6. The fourth-order valence-electron chi connectivity index (χ4n) is 0.837. The van der Waals surface area contributed by atoms with E-state index < -0.39 is 11.8 Å². The molecule has 1 heterocycles. The smallest absolute Gasteiger partial charge is 0.268 e. The van der Waals surface area contributed by atoms with Crippen molar-refractivity contribution in [2.45, 2.75) is 12.3 Å². The molecule has 56 valence electrons. The van der Waals surface area contributed by atoms with Crippen LogP contribution in [0.2, 0.25) is 0 Å². The number of ether oxygens (including phenoxy) is 1. The van der Waals surface area contributed by atoms with E-state index in [1.165, 1.54) is 6.07 Å². The Labute approximate surface area is 57.4 Å². The van der Waals surface area contributed by atoms with E-state index in [1.54, 1.807) is 0 Å². The van der Waals surface area contributed by atoms with Gasteiger partial charge in [-0.3, -0.25) is 0 Å². The van der Waals surface area contributed by atoms with Crippen molar-refractivity contribution in [1.82, 2.24) is 0 Å².